The van der Waals surface area contributed by atoms with Crippen LogP contribution in [0.5, 0.6) is 5.75 Å². The Morgan fingerprint density at radius 1 is 1.11 bits per heavy atom. The zero-order valence-electron chi connectivity index (χ0n) is 15.9. The molecule has 0 fully saturated rings. The minimum Gasteiger partial charge on any atom is -0.497 e. The molecule has 3 rings (SSSR count). The second-order valence-corrected chi connectivity index (χ2v) is 6.54. The summed E-state index contributed by atoms with van der Waals surface area (Å²) >= 11 is 0. The average Bonchev–Trinajstić information content (AvgIpc) is 3.06. The van der Waals surface area contributed by atoms with Gasteiger partial charge in [0.2, 0.25) is 0 Å². The number of carbonyl (C=O) groups is 2. The fourth-order valence-corrected chi connectivity index (χ4v) is 3.07. The molecule has 0 bridgehead atoms. The predicted molar refractivity (Wildman–Crippen MR) is 104 cm³/mol. The Kier molecular flexibility index (Phi) is 5.26. The number of amides is 1. The van der Waals surface area contributed by atoms with Gasteiger partial charge in [-0.3, -0.25) is 9.59 Å². The minimum atomic E-state index is -0.377. The first-order chi connectivity index (χ1) is 12.9. The lowest BCUT2D eigenvalue weighted by molar-refractivity contribution is -0.119. The molecule has 0 saturated heterocycles. The zero-order valence-corrected chi connectivity index (χ0v) is 15.9. The molecule has 0 aliphatic rings. The van der Waals surface area contributed by atoms with Crippen molar-refractivity contribution in [2.75, 3.05) is 7.11 Å². The molecule has 0 saturated carbocycles. The summed E-state index contributed by atoms with van der Waals surface area (Å²) in [6.45, 7) is 5.27. The first kappa shape index (κ1) is 18.6. The second-order valence-electron chi connectivity index (χ2n) is 6.54. The third-order valence-electron chi connectivity index (χ3n) is 4.67. The summed E-state index contributed by atoms with van der Waals surface area (Å²) < 4.78 is 7.07. The van der Waals surface area contributed by atoms with Gasteiger partial charge in [-0.05, 0) is 51.1 Å². The molecule has 0 aliphatic heterocycles. The summed E-state index contributed by atoms with van der Waals surface area (Å²) in [6.07, 6.45) is 0. The number of Topliss-reactive ketones (excluding diaryl/α,β-unsaturated/α-hetero) is 1. The molecule has 1 N–H and O–H groups in total. The number of ether oxygens (including phenoxy) is 1. The molecule has 1 amide bonds. The summed E-state index contributed by atoms with van der Waals surface area (Å²) in [7, 11) is 1.56. The quantitative estimate of drug-likeness (QED) is 0.723. The van der Waals surface area contributed by atoms with E-state index in [2.05, 4.69) is 10.3 Å². The van der Waals surface area contributed by atoms with Crippen LogP contribution in [0.15, 0.2) is 48.5 Å². The van der Waals surface area contributed by atoms with E-state index in [1.807, 2.05) is 42.7 Å². The van der Waals surface area contributed by atoms with Crippen LogP contribution in [-0.4, -0.2) is 28.4 Å². The van der Waals surface area contributed by atoms with Crippen LogP contribution in [0.3, 0.4) is 0 Å². The average molecular weight is 365 g/mol. The van der Waals surface area contributed by atoms with Crippen LogP contribution in [-0.2, 0) is 4.79 Å². The molecule has 0 spiro atoms. The van der Waals surface area contributed by atoms with E-state index in [4.69, 9.17) is 4.74 Å². The second kappa shape index (κ2) is 7.61. The fraction of sp³-hybridized carbons (Fsp3) is 0.286. The van der Waals surface area contributed by atoms with Gasteiger partial charge in [-0.1, -0.05) is 18.2 Å². The van der Waals surface area contributed by atoms with Crippen LogP contribution in [0.25, 0.3) is 11.0 Å². The summed E-state index contributed by atoms with van der Waals surface area (Å²) in [4.78, 5) is 29.3. The molecular formula is C21H23N3O3. The third kappa shape index (κ3) is 3.69. The van der Waals surface area contributed by atoms with Crippen LogP contribution >= 0.6 is 0 Å². The Bertz CT molecular complexity index is 993. The van der Waals surface area contributed by atoms with Crippen molar-refractivity contribution < 1.29 is 14.3 Å². The van der Waals surface area contributed by atoms with Gasteiger partial charge in [0, 0.05) is 5.56 Å². The van der Waals surface area contributed by atoms with Crippen molar-refractivity contribution in [3.63, 3.8) is 0 Å². The van der Waals surface area contributed by atoms with Crippen LogP contribution < -0.4 is 10.1 Å². The molecule has 2 unspecified atom stereocenters. The van der Waals surface area contributed by atoms with E-state index in [9.17, 15) is 9.59 Å². The van der Waals surface area contributed by atoms with E-state index in [0.717, 1.165) is 11.0 Å². The first-order valence-corrected chi connectivity index (χ1v) is 8.84. The number of nitrogens with one attached hydrogen (secondary N) is 1. The van der Waals surface area contributed by atoms with Crippen LogP contribution in [0.4, 0.5) is 0 Å². The highest BCUT2D eigenvalue weighted by atomic mass is 16.5. The first-order valence-electron chi connectivity index (χ1n) is 8.84. The summed E-state index contributed by atoms with van der Waals surface area (Å²) in [5.41, 5.74) is 2.17. The molecule has 2 aromatic carbocycles. The van der Waals surface area contributed by atoms with Gasteiger partial charge in [-0.25, -0.2) is 4.98 Å². The van der Waals surface area contributed by atoms with Crippen molar-refractivity contribution >= 4 is 22.7 Å². The molecule has 27 heavy (non-hydrogen) atoms. The number of hydrogen-bond donors (Lipinski definition) is 1. The SMILES string of the molecule is COc1cccc(C(=O)NC(C)c2nc3ccccc3n2C(C)C(C)=O)c1. The highest BCUT2D eigenvalue weighted by Crippen LogP contribution is 2.26. The highest BCUT2D eigenvalue weighted by Gasteiger charge is 2.23. The molecule has 0 radical (unpaired) electrons. The van der Waals surface area contributed by atoms with E-state index >= 15 is 0 Å². The number of carbonyl (C=O) groups excluding carboxylic acids is 2. The molecule has 140 valence electrons. The molecular weight excluding hydrogens is 342 g/mol. The number of hydrogen-bond acceptors (Lipinski definition) is 4. The number of benzene rings is 2. The normalized spacial score (nSPS) is 13.2. The lowest BCUT2D eigenvalue weighted by atomic mass is 10.1. The number of ketones is 1. The minimum absolute atomic E-state index is 0.0331. The number of nitrogens with zero attached hydrogens (tertiary/aromatic N) is 2. The standard InChI is InChI=1S/C21H23N3O3/c1-13(22-21(26)16-8-7-9-17(12-16)27-4)20-23-18-10-5-6-11-19(18)24(20)14(2)15(3)25/h5-14H,1-4H3,(H,22,26). The smallest absolute Gasteiger partial charge is 0.251 e. The van der Waals surface area contributed by atoms with Gasteiger partial charge in [-0.2, -0.15) is 0 Å². The van der Waals surface area contributed by atoms with Gasteiger partial charge < -0.3 is 14.6 Å². The van der Waals surface area contributed by atoms with E-state index in [1.165, 1.54) is 0 Å². The van der Waals surface area contributed by atoms with Crippen LogP contribution in [0, 0.1) is 0 Å². The number of para-hydroxylation sites is 2. The van der Waals surface area contributed by atoms with Crippen molar-refractivity contribution in [1.82, 2.24) is 14.9 Å². The van der Waals surface area contributed by atoms with Crippen molar-refractivity contribution in [3.05, 3.63) is 59.9 Å². The lowest BCUT2D eigenvalue weighted by Crippen LogP contribution is -2.30. The van der Waals surface area contributed by atoms with E-state index < -0.39 is 0 Å². The number of fused-ring (bicyclic) bond motifs is 1. The number of rotatable bonds is 6. The van der Waals surface area contributed by atoms with E-state index in [1.54, 1.807) is 38.3 Å². The Hall–Kier alpha value is -3.15. The number of aromatic nitrogens is 2. The van der Waals surface area contributed by atoms with Crippen molar-refractivity contribution in [1.29, 1.82) is 0 Å². The molecule has 3 aromatic rings. The summed E-state index contributed by atoms with van der Waals surface area (Å²) in [5.74, 6) is 1.07. The monoisotopic (exact) mass is 365 g/mol. The van der Waals surface area contributed by atoms with Crippen molar-refractivity contribution in [2.45, 2.75) is 32.9 Å². The summed E-state index contributed by atoms with van der Waals surface area (Å²) in [6, 6.07) is 13.9. The van der Waals surface area contributed by atoms with Gasteiger partial charge in [0.25, 0.3) is 5.91 Å². The molecule has 6 heteroatoms. The zero-order chi connectivity index (χ0) is 19.6. The highest BCUT2D eigenvalue weighted by molar-refractivity contribution is 5.95. The molecule has 1 aromatic heterocycles. The molecule has 2 atom stereocenters. The maximum atomic E-state index is 12.7. The number of methoxy groups -OCH3 is 1. The Balaban J connectivity index is 1.95. The van der Waals surface area contributed by atoms with E-state index in [0.29, 0.717) is 17.1 Å². The van der Waals surface area contributed by atoms with Crippen LogP contribution in [0.1, 0.15) is 49.0 Å². The fourth-order valence-electron chi connectivity index (χ4n) is 3.07. The van der Waals surface area contributed by atoms with Gasteiger partial charge in [-0.15, -0.1) is 0 Å². The Labute approximate surface area is 158 Å². The Morgan fingerprint density at radius 3 is 2.56 bits per heavy atom. The maximum absolute atomic E-state index is 12.7. The van der Waals surface area contributed by atoms with E-state index in [-0.39, 0.29) is 23.8 Å². The van der Waals surface area contributed by atoms with Gasteiger partial charge in [0.05, 0.1) is 30.2 Å². The molecule has 6 nitrogen and oxygen atoms in total. The van der Waals surface area contributed by atoms with Crippen molar-refractivity contribution in [2.24, 2.45) is 0 Å². The number of imidazole rings is 1. The maximum Gasteiger partial charge on any atom is 0.251 e. The third-order valence-corrected chi connectivity index (χ3v) is 4.67. The van der Waals surface area contributed by atoms with Gasteiger partial charge in [0.1, 0.15) is 11.6 Å². The van der Waals surface area contributed by atoms with Crippen LogP contribution in [0.2, 0.25) is 0 Å². The molecule has 0 aliphatic carbocycles. The Morgan fingerprint density at radius 2 is 1.85 bits per heavy atom. The lowest BCUT2D eigenvalue weighted by Gasteiger charge is -2.20. The predicted octanol–water partition coefficient (Wildman–Crippen LogP) is 3.69. The van der Waals surface area contributed by atoms with Gasteiger partial charge in [0.15, 0.2) is 5.78 Å². The largest absolute Gasteiger partial charge is 0.497 e. The van der Waals surface area contributed by atoms with Crippen molar-refractivity contribution in [3.8, 4) is 5.75 Å². The summed E-state index contributed by atoms with van der Waals surface area (Å²) in [5, 5.41) is 2.97. The molecule has 1 heterocycles. The topological polar surface area (TPSA) is 73.2 Å². The van der Waals surface area contributed by atoms with Gasteiger partial charge >= 0.3 is 0 Å².